The first kappa shape index (κ1) is 19.2. The molecule has 0 spiro atoms. The number of hydrogen-bond acceptors (Lipinski definition) is 4. The van der Waals surface area contributed by atoms with E-state index in [9.17, 15) is 9.59 Å². The molecule has 2 aromatic rings. The van der Waals surface area contributed by atoms with Gasteiger partial charge in [-0.05, 0) is 52.7 Å². The average molecular weight is 405 g/mol. The van der Waals surface area contributed by atoms with Gasteiger partial charge in [0.1, 0.15) is 11.5 Å². The third-order valence-electron chi connectivity index (χ3n) is 3.67. The number of rotatable bonds is 9. The summed E-state index contributed by atoms with van der Waals surface area (Å²) in [6, 6.07) is 11.7. The number of esters is 1. The Hall–Kier alpha value is -2.14. The Morgan fingerprint density at radius 3 is 2.60 bits per heavy atom. The van der Waals surface area contributed by atoms with Crippen molar-refractivity contribution in [3.05, 3.63) is 58.1 Å². The van der Waals surface area contributed by atoms with Crippen LogP contribution in [0.1, 0.15) is 53.3 Å². The van der Waals surface area contributed by atoms with E-state index in [1.807, 2.05) is 0 Å². The van der Waals surface area contributed by atoms with Crippen molar-refractivity contribution in [1.82, 2.24) is 0 Å². The van der Waals surface area contributed by atoms with Gasteiger partial charge in [0.05, 0.1) is 22.2 Å². The minimum atomic E-state index is -0.524. The number of carbonyl (C=O) groups excluding carboxylic acids is 2. The second-order valence-corrected chi connectivity index (χ2v) is 6.45. The highest BCUT2D eigenvalue weighted by atomic mass is 79.9. The van der Waals surface area contributed by atoms with Crippen LogP contribution in [0, 0.1) is 0 Å². The third-order valence-corrected chi connectivity index (χ3v) is 4.29. The first-order valence-electron chi connectivity index (χ1n) is 8.34. The molecule has 2 aromatic carbocycles. The molecule has 0 atom stereocenters. The average Bonchev–Trinajstić information content (AvgIpc) is 2.63. The highest BCUT2D eigenvalue weighted by molar-refractivity contribution is 9.10. The largest absolute Gasteiger partial charge is 0.492 e. The molecule has 0 saturated heterocycles. The minimum Gasteiger partial charge on any atom is -0.492 e. The van der Waals surface area contributed by atoms with Crippen LogP contribution in [0.25, 0.3) is 0 Å². The molecule has 0 amide bonds. The van der Waals surface area contributed by atoms with Gasteiger partial charge in [-0.3, -0.25) is 4.79 Å². The summed E-state index contributed by atoms with van der Waals surface area (Å²) in [6.45, 7) is 2.82. The smallest absolute Gasteiger partial charge is 0.343 e. The first-order chi connectivity index (χ1) is 12.2. The van der Waals surface area contributed by atoms with Crippen LogP contribution in [0.3, 0.4) is 0 Å². The van der Waals surface area contributed by atoms with Crippen LogP contribution >= 0.6 is 15.9 Å². The Labute approximate surface area is 156 Å². The lowest BCUT2D eigenvalue weighted by Gasteiger charge is -2.10. The Morgan fingerprint density at radius 1 is 1.08 bits per heavy atom. The van der Waals surface area contributed by atoms with Gasteiger partial charge in [0.15, 0.2) is 6.29 Å². The maximum absolute atomic E-state index is 12.3. The molecule has 0 aliphatic heterocycles. The number of ether oxygens (including phenoxy) is 2. The maximum atomic E-state index is 12.3. The molecular weight excluding hydrogens is 384 g/mol. The predicted molar refractivity (Wildman–Crippen MR) is 101 cm³/mol. The van der Waals surface area contributed by atoms with E-state index in [1.165, 1.54) is 12.8 Å². The van der Waals surface area contributed by atoms with Crippen LogP contribution in [-0.4, -0.2) is 18.9 Å². The molecular formula is C20H21BrO4. The van der Waals surface area contributed by atoms with Crippen molar-refractivity contribution in [3.63, 3.8) is 0 Å². The number of carbonyl (C=O) groups is 2. The molecule has 0 N–H and O–H groups in total. The SMILES string of the molecule is CCCCCCOc1ccc(C(=O)Oc2ccccc2C=O)cc1Br. The van der Waals surface area contributed by atoms with Crippen molar-refractivity contribution in [1.29, 1.82) is 0 Å². The zero-order valence-corrected chi connectivity index (χ0v) is 15.8. The van der Waals surface area contributed by atoms with E-state index in [1.54, 1.807) is 42.5 Å². The summed E-state index contributed by atoms with van der Waals surface area (Å²) >= 11 is 3.42. The van der Waals surface area contributed by atoms with Crippen LogP contribution in [0.5, 0.6) is 11.5 Å². The van der Waals surface area contributed by atoms with Crippen molar-refractivity contribution >= 4 is 28.2 Å². The van der Waals surface area contributed by atoms with Gasteiger partial charge in [-0.2, -0.15) is 0 Å². The lowest BCUT2D eigenvalue weighted by molar-refractivity contribution is 0.0733. The lowest BCUT2D eigenvalue weighted by atomic mass is 10.2. The number of unbranched alkanes of at least 4 members (excludes halogenated alkanes) is 3. The molecule has 0 fully saturated rings. The summed E-state index contributed by atoms with van der Waals surface area (Å²) in [6.07, 6.45) is 5.21. The topological polar surface area (TPSA) is 52.6 Å². The van der Waals surface area contributed by atoms with Gasteiger partial charge in [-0.25, -0.2) is 4.79 Å². The van der Waals surface area contributed by atoms with Gasteiger partial charge in [-0.1, -0.05) is 38.3 Å². The van der Waals surface area contributed by atoms with Crippen LogP contribution in [0.2, 0.25) is 0 Å². The van der Waals surface area contributed by atoms with Crippen molar-refractivity contribution in [3.8, 4) is 11.5 Å². The fraction of sp³-hybridized carbons (Fsp3) is 0.300. The zero-order valence-electron chi connectivity index (χ0n) is 14.2. The van der Waals surface area contributed by atoms with E-state index in [-0.39, 0.29) is 5.75 Å². The molecule has 0 bridgehead atoms. The first-order valence-corrected chi connectivity index (χ1v) is 9.13. The number of para-hydroxylation sites is 1. The molecule has 0 heterocycles. The van der Waals surface area contributed by atoms with Crippen LogP contribution in [0.4, 0.5) is 0 Å². The van der Waals surface area contributed by atoms with Crippen LogP contribution in [0.15, 0.2) is 46.9 Å². The Kier molecular flexibility index (Phi) is 7.67. The monoisotopic (exact) mass is 404 g/mol. The van der Waals surface area contributed by atoms with E-state index in [4.69, 9.17) is 9.47 Å². The summed E-state index contributed by atoms with van der Waals surface area (Å²) in [7, 11) is 0. The second kappa shape index (κ2) is 9.99. The summed E-state index contributed by atoms with van der Waals surface area (Å²) in [5.41, 5.74) is 0.716. The van der Waals surface area contributed by atoms with Crippen molar-refractivity contribution in [2.45, 2.75) is 32.6 Å². The zero-order chi connectivity index (χ0) is 18.1. The second-order valence-electron chi connectivity index (χ2n) is 5.60. The Morgan fingerprint density at radius 2 is 1.88 bits per heavy atom. The molecule has 25 heavy (non-hydrogen) atoms. The van der Waals surface area contributed by atoms with Gasteiger partial charge in [-0.15, -0.1) is 0 Å². The van der Waals surface area contributed by atoms with Gasteiger partial charge < -0.3 is 9.47 Å². The van der Waals surface area contributed by atoms with E-state index in [2.05, 4.69) is 22.9 Å². The van der Waals surface area contributed by atoms with E-state index >= 15 is 0 Å². The highest BCUT2D eigenvalue weighted by Gasteiger charge is 2.13. The molecule has 2 rings (SSSR count). The number of halogens is 1. The van der Waals surface area contributed by atoms with E-state index < -0.39 is 5.97 Å². The number of hydrogen-bond donors (Lipinski definition) is 0. The van der Waals surface area contributed by atoms with E-state index in [0.29, 0.717) is 34.2 Å². The van der Waals surface area contributed by atoms with Crippen molar-refractivity contribution in [2.24, 2.45) is 0 Å². The number of benzene rings is 2. The van der Waals surface area contributed by atoms with E-state index in [0.717, 1.165) is 12.8 Å². The summed E-state index contributed by atoms with van der Waals surface area (Å²) in [5, 5.41) is 0. The Balaban J connectivity index is 1.99. The molecule has 132 valence electrons. The lowest BCUT2D eigenvalue weighted by Crippen LogP contribution is -2.10. The predicted octanol–water partition coefficient (Wildman–Crippen LogP) is 5.44. The normalized spacial score (nSPS) is 10.3. The number of aldehydes is 1. The van der Waals surface area contributed by atoms with Crippen molar-refractivity contribution in [2.75, 3.05) is 6.61 Å². The quantitative estimate of drug-likeness (QED) is 0.241. The maximum Gasteiger partial charge on any atom is 0.343 e. The minimum absolute atomic E-state index is 0.245. The third kappa shape index (κ3) is 5.71. The molecule has 5 heteroatoms. The fourth-order valence-electron chi connectivity index (χ4n) is 2.29. The summed E-state index contributed by atoms with van der Waals surface area (Å²) in [5.74, 6) is 0.417. The highest BCUT2D eigenvalue weighted by Crippen LogP contribution is 2.27. The Bertz CT molecular complexity index is 727. The molecule has 4 nitrogen and oxygen atoms in total. The van der Waals surface area contributed by atoms with Gasteiger partial charge in [0.2, 0.25) is 0 Å². The molecule has 0 unspecified atom stereocenters. The van der Waals surface area contributed by atoms with Crippen molar-refractivity contribution < 1.29 is 19.1 Å². The summed E-state index contributed by atoms with van der Waals surface area (Å²) in [4.78, 5) is 23.3. The van der Waals surface area contributed by atoms with Crippen LogP contribution in [-0.2, 0) is 0 Å². The summed E-state index contributed by atoms with van der Waals surface area (Å²) < 4.78 is 11.7. The van der Waals surface area contributed by atoms with Crippen LogP contribution < -0.4 is 9.47 Å². The molecule has 0 saturated carbocycles. The van der Waals surface area contributed by atoms with Gasteiger partial charge in [0.25, 0.3) is 0 Å². The standard InChI is InChI=1S/C20H21BrO4/c1-2-3-4-7-12-24-19-11-10-15(13-17(19)21)20(23)25-18-9-6-5-8-16(18)14-22/h5-6,8-11,13-14H,2-4,7,12H2,1H3. The molecule has 0 aliphatic carbocycles. The fourth-order valence-corrected chi connectivity index (χ4v) is 2.78. The van der Waals surface area contributed by atoms with Gasteiger partial charge in [0, 0.05) is 0 Å². The molecule has 0 aromatic heterocycles. The molecule has 0 aliphatic rings. The molecule has 0 radical (unpaired) electrons. The van der Waals surface area contributed by atoms with Gasteiger partial charge >= 0.3 is 5.97 Å².